The Labute approximate surface area is 209 Å². The van der Waals surface area contributed by atoms with Crippen molar-refractivity contribution >= 4 is 21.8 Å². The minimum atomic E-state index is -3.63. The van der Waals surface area contributed by atoms with Crippen LogP contribution in [0.4, 0.5) is 0 Å². The van der Waals surface area contributed by atoms with E-state index in [4.69, 9.17) is 4.74 Å². The molecule has 1 N–H and O–H groups in total. The van der Waals surface area contributed by atoms with Crippen LogP contribution < -0.4 is 10.1 Å². The first-order chi connectivity index (χ1) is 16.6. The van der Waals surface area contributed by atoms with Gasteiger partial charge in [0.2, 0.25) is 21.8 Å². The van der Waals surface area contributed by atoms with Crippen LogP contribution in [0.15, 0.2) is 59.5 Å². The maximum absolute atomic E-state index is 13.3. The largest absolute Gasteiger partial charge is 0.497 e. The average Bonchev–Trinajstić information content (AvgIpc) is 2.84. The third-order valence-corrected chi connectivity index (χ3v) is 7.51. The maximum atomic E-state index is 13.3. The molecular weight excluding hydrogens is 466 g/mol. The monoisotopic (exact) mass is 503 g/mol. The molecule has 0 aliphatic carbocycles. The van der Waals surface area contributed by atoms with Crippen LogP contribution in [0.25, 0.3) is 0 Å². The van der Waals surface area contributed by atoms with Crippen molar-refractivity contribution in [3.05, 3.63) is 60.2 Å². The summed E-state index contributed by atoms with van der Waals surface area (Å²) in [6.45, 7) is 6.09. The molecule has 0 unspecified atom stereocenters. The van der Waals surface area contributed by atoms with Crippen LogP contribution in [0.5, 0.6) is 5.75 Å². The number of nitrogens with zero attached hydrogens (tertiary/aromatic N) is 2. The molecule has 2 rings (SSSR count). The zero-order valence-corrected chi connectivity index (χ0v) is 22.0. The lowest BCUT2D eigenvalue weighted by atomic mass is 10.1. The van der Waals surface area contributed by atoms with Crippen LogP contribution in [-0.2, 0) is 26.2 Å². The van der Waals surface area contributed by atoms with Gasteiger partial charge in [0.05, 0.1) is 12.0 Å². The number of amides is 2. The molecule has 0 aromatic heterocycles. The van der Waals surface area contributed by atoms with Crippen LogP contribution in [0.1, 0.15) is 45.6 Å². The van der Waals surface area contributed by atoms with Gasteiger partial charge in [-0.15, -0.1) is 0 Å². The lowest BCUT2D eigenvalue weighted by Gasteiger charge is -2.31. The molecule has 0 heterocycles. The first kappa shape index (κ1) is 28.3. The number of carbonyl (C=O) groups excluding carboxylic acids is 2. The summed E-state index contributed by atoms with van der Waals surface area (Å²) in [6, 6.07) is 14.9. The number of hydrogen-bond acceptors (Lipinski definition) is 5. The number of ether oxygens (including phenoxy) is 1. The maximum Gasteiger partial charge on any atom is 0.243 e. The Kier molecular flexibility index (Phi) is 10.7. The zero-order chi connectivity index (χ0) is 26.0. The van der Waals surface area contributed by atoms with Gasteiger partial charge in [-0.05, 0) is 56.5 Å². The summed E-state index contributed by atoms with van der Waals surface area (Å²) < 4.78 is 32.0. The second kappa shape index (κ2) is 13.3. The molecule has 0 aliphatic rings. The van der Waals surface area contributed by atoms with Gasteiger partial charge in [0.15, 0.2) is 0 Å². The predicted octanol–water partition coefficient (Wildman–Crippen LogP) is 3.43. The number of rotatable bonds is 13. The third-order valence-electron chi connectivity index (χ3n) is 5.64. The Morgan fingerprint density at radius 3 is 2.20 bits per heavy atom. The van der Waals surface area contributed by atoms with Crippen molar-refractivity contribution < 1.29 is 22.7 Å². The van der Waals surface area contributed by atoms with E-state index >= 15 is 0 Å². The van der Waals surface area contributed by atoms with Crippen molar-refractivity contribution in [2.45, 2.75) is 63.6 Å². The summed E-state index contributed by atoms with van der Waals surface area (Å²) in [5, 5.41) is 2.91. The van der Waals surface area contributed by atoms with E-state index in [0.717, 1.165) is 5.56 Å². The Hall–Kier alpha value is -2.91. The van der Waals surface area contributed by atoms with Gasteiger partial charge in [-0.1, -0.05) is 37.3 Å². The number of methoxy groups -OCH3 is 1. The standard InChI is InChI=1S/C26H37N3O5S/c1-6-24(26(31)27-20(2)3)29(19-21-14-16-22(34-5)17-15-21)25(30)13-10-18-28(4)35(32,33)23-11-8-7-9-12-23/h7-9,11-12,14-17,20,24H,6,10,13,18-19H2,1-5H3,(H,27,31)/t24-/m0/s1. The lowest BCUT2D eigenvalue weighted by molar-refractivity contribution is -0.141. The molecule has 0 saturated carbocycles. The molecule has 2 aromatic rings. The van der Waals surface area contributed by atoms with Gasteiger partial charge in [0.25, 0.3) is 0 Å². The van der Waals surface area contributed by atoms with Crippen molar-refractivity contribution in [3.63, 3.8) is 0 Å². The molecule has 2 amide bonds. The first-order valence-corrected chi connectivity index (χ1v) is 13.3. The highest BCUT2D eigenvalue weighted by Crippen LogP contribution is 2.18. The molecule has 1 atom stereocenters. The molecular formula is C26H37N3O5S. The minimum absolute atomic E-state index is 0.0497. The summed E-state index contributed by atoms with van der Waals surface area (Å²) >= 11 is 0. The van der Waals surface area contributed by atoms with Crippen molar-refractivity contribution in [1.29, 1.82) is 0 Å². The van der Waals surface area contributed by atoms with E-state index in [2.05, 4.69) is 5.32 Å². The fourth-order valence-electron chi connectivity index (χ4n) is 3.72. The Balaban J connectivity index is 2.13. The van der Waals surface area contributed by atoms with Gasteiger partial charge in [-0.2, -0.15) is 0 Å². The highest BCUT2D eigenvalue weighted by atomic mass is 32.2. The van der Waals surface area contributed by atoms with E-state index in [-0.39, 0.29) is 42.3 Å². The van der Waals surface area contributed by atoms with Crippen molar-refractivity contribution in [1.82, 2.24) is 14.5 Å². The topological polar surface area (TPSA) is 96.0 Å². The van der Waals surface area contributed by atoms with Gasteiger partial charge in [-0.3, -0.25) is 9.59 Å². The summed E-state index contributed by atoms with van der Waals surface area (Å²) in [5.74, 6) is 0.309. The SMILES string of the molecule is CC[C@@H](C(=O)NC(C)C)N(Cc1ccc(OC)cc1)C(=O)CCCN(C)S(=O)(=O)c1ccccc1. The van der Waals surface area contributed by atoms with Crippen LogP contribution >= 0.6 is 0 Å². The molecule has 0 spiro atoms. The van der Waals surface area contributed by atoms with Gasteiger partial charge >= 0.3 is 0 Å². The molecule has 8 nitrogen and oxygen atoms in total. The van der Waals surface area contributed by atoms with E-state index in [9.17, 15) is 18.0 Å². The first-order valence-electron chi connectivity index (χ1n) is 11.8. The fraction of sp³-hybridized carbons (Fsp3) is 0.462. The number of hydrogen-bond donors (Lipinski definition) is 1. The molecule has 2 aromatic carbocycles. The van der Waals surface area contributed by atoms with Crippen LogP contribution in [0, 0.1) is 0 Å². The second-order valence-electron chi connectivity index (χ2n) is 8.70. The summed E-state index contributed by atoms with van der Waals surface area (Å²) in [6.07, 6.45) is 0.918. The van der Waals surface area contributed by atoms with Gasteiger partial charge in [-0.25, -0.2) is 12.7 Å². The van der Waals surface area contributed by atoms with Crippen molar-refractivity contribution in [3.8, 4) is 5.75 Å². The highest BCUT2D eigenvalue weighted by molar-refractivity contribution is 7.89. The van der Waals surface area contributed by atoms with E-state index in [1.54, 1.807) is 42.3 Å². The van der Waals surface area contributed by atoms with Crippen molar-refractivity contribution in [2.24, 2.45) is 0 Å². The molecule has 0 radical (unpaired) electrons. The zero-order valence-electron chi connectivity index (χ0n) is 21.2. The van der Waals surface area contributed by atoms with Crippen LogP contribution in [-0.4, -0.2) is 62.2 Å². The predicted molar refractivity (Wildman–Crippen MR) is 136 cm³/mol. The van der Waals surface area contributed by atoms with E-state index in [0.29, 0.717) is 18.6 Å². The van der Waals surface area contributed by atoms with E-state index in [1.807, 2.05) is 45.0 Å². The second-order valence-corrected chi connectivity index (χ2v) is 10.7. The van der Waals surface area contributed by atoms with Crippen LogP contribution in [0.3, 0.4) is 0 Å². The lowest BCUT2D eigenvalue weighted by Crippen LogP contribution is -2.50. The smallest absolute Gasteiger partial charge is 0.243 e. The highest BCUT2D eigenvalue weighted by Gasteiger charge is 2.29. The molecule has 0 aliphatic heterocycles. The average molecular weight is 504 g/mol. The number of benzene rings is 2. The summed E-state index contributed by atoms with van der Waals surface area (Å²) in [7, 11) is -0.534. The molecule has 9 heteroatoms. The van der Waals surface area contributed by atoms with Crippen LogP contribution in [0.2, 0.25) is 0 Å². The Morgan fingerprint density at radius 1 is 1.03 bits per heavy atom. The quantitative estimate of drug-likeness (QED) is 0.452. The van der Waals surface area contributed by atoms with Gasteiger partial charge in [0, 0.05) is 32.6 Å². The summed E-state index contributed by atoms with van der Waals surface area (Å²) in [5.41, 5.74) is 0.874. The van der Waals surface area contributed by atoms with E-state index in [1.165, 1.54) is 11.4 Å². The molecule has 0 bridgehead atoms. The van der Waals surface area contributed by atoms with E-state index < -0.39 is 16.1 Å². The number of sulfonamides is 1. The normalized spacial score (nSPS) is 12.4. The third kappa shape index (κ3) is 8.07. The Bertz CT molecular complexity index is 1060. The molecule has 0 saturated heterocycles. The molecule has 0 fully saturated rings. The Morgan fingerprint density at radius 2 is 1.66 bits per heavy atom. The van der Waals surface area contributed by atoms with Gasteiger partial charge in [0.1, 0.15) is 11.8 Å². The number of nitrogens with one attached hydrogen (secondary N) is 1. The number of carbonyl (C=O) groups is 2. The molecule has 35 heavy (non-hydrogen) atoms. The van der Waals surface area contributed by atoms with Crippen molar-refractivity contribution in [2.75, 3.05) is 20.7 Å². The minimum Gasteiger partial charge on any atom is -0.497 e. The fourth-order valence-corrected chi connectivity index (χ4v) is 4.95. The molecule has 192 valence electrons. The summed E-state index contributed by atoms with van der Waals surface area (Å²) in [4.78, 5) is 28.0. The van der Waals surface area contributed by atoms with Gasteiger partial charge < -0.3 is 15.0 Å².